The fourth-order valence-corrected chi connectivity index (χ4v) is 2.75. The summed E-state index contributed by atoms with van der Waals surface area (Å²) < 4.78 is 11.3. The molecule has 0 radical (unpaired) electrons. The Hall–Kier alpha value is -0.970. The van der Waals surface area contributed by atoms with Crippen molar-refractivity contribution in [2.24, 2.45) is 0 Å². The molecule has 1 N–H and O–H groups in total. The van der Waals surface area contributed by atoms with Crippen molar-refractivity contribution in [1.82, 2.24) is 10.2 Å². The van der Waals surface area contributed by atoms with Crippen LogP contribution in [0.2, 0.25) is 0 Å². The van der Waals surface area contributed by atoms with Gasteiger partial charge in [0.25, 0.3) is 0 Å². The topological polar surface area (TPSA) is 33.7 Å². The predicted molar refractivity (Wildman–Crippen MR) is 93.4 cm³/mol. The van der Waals surface area contributed by atoms with Gasteiger partial charge in [0.1, 0.15) is 0 Å². The van der Waals surface area contributed by atoms with Gasteiger partial charge in [0.05, 0.1) is 13.2 Å². The van der Waals surface area contributed by atoms with Crippen LogP contribution in [-0.4, -0.2) is 43.3 Å². The van der Waals surface area contributed by atoms with Crippen LogP contribution in [0.15, 0.2) is 18.2 Å². The van der Waals surface area contributed by atoms with E-state index in [9.17, 15) is 0 Å². The second-order valence-electron chi connectivity index (χ2n) is 5.73. The summed E-state index contributed by atoms with van der Waals surface area (Å²) in [5.41, 5.74) is 1.28. The van der Waals surface area contributed by atoms with Crippen LogP contribution in [0.4, 0.5) is 0 Å². The van der Waals surface area contributed by atoms with Gasteiger partial charge in [-0.15, -0.1) is 12.4 Å². The zero-order valence-corrected chi connectivity index (χ0v) is 14.9. The molecule has 1 aliphatic rings. The maximum atomic E-state index is 5.71. The summed E-state index contributed by atoms with van der Waals surface area (Å²) in [6.45, 7) is 12.9. The van der Waals surface area contributed by atoms with Gasteiger partial charge in [-0.05, 0) is 45.4 Å². The molecule has 1 aromatic carbocycles. The van der Waals surface area contributed by atoms with Crippen LogP contribution in [0.25, 0.3) is 0 Å². The number of benzene rings is 1. The Morgan fingerprint density at radius 2 is 1.82 bits per heavy atom. The van der Waals surface area contributed by atoms with Gasteiger partial charge in [0, 0.05) is 31.7 Å². The average molecular weight is 329 g/mol. The third kappa shape index (κ3) is 5.04. The van der Waals surface area contributed by atoms with Crippen LogP contribution in [0.3, 0.4) is 0 Å². The molecule has 0 spiro atoms. The number of nitrogens with zero attached hydrogens (tertiary/aromatic N) is 1. The highest BCUT2D eigenvalue weighted by atomic mass is 35.5. The van der Waals surface area contributed by atoms with Crippen LogP contribution >= 0.6 is 12.4 Å². The second-order valence-corrected chi connectivity index (χ2v) is 5.73. The van der Waals surface area contributed by atoms with Crippen molar-refractivity contribution in [1.29, 1.82) is 0 Å². The lowest BCUT2D eigenvalue weighted by Crippen LogP contribution is -2.53. The summed E-state index contributed by atoms with van der Waals surface area (Å²) in [5.74, 6) is 1.69. The fourth-order valence-electron chi connectivity index (χ4n) is 2.75. The van der Waals surface area contributed by atoms with Crippen molar-refractivity contribution in [2.45, 2.75) is 46.3 Å². The summed E-state index contributed by atoms with van der Waals surface area (Å²) in [6.07, 6.45) is 0. The molecule has 2 rings (SSSR count). The Morgan fingerprint density at radius 1 is 1.14 bits per heavy atom. The van der Waals surface area contributed by atoms with Crippen molar-refractivity contribution in [3.05, 3.63) is 23.8 Å². The number of nitrogens with one attached hydrogen (secondary N) is 1. The molecule has 0 saturated carbocycles. The monoisotopic (exact) mass is 328 g/mol. The zero-order valence-electron chi connectivity index (χ0n) is 14.1. The lowest BCUT2D eigenvalue weighted by Gasteiger charge is -2.37. The third-order valence-electron chi connectivity index (χ3n) is 3.89. The normalized spacial score (nSPS) is 22.0. The summed E-state index contributed by atoms with van der Waals surface area (Å²) in [4.78, 5) is 2.52. The van der Waals surface area contributed by atoms with Crippen molar-refractivity contribution in [3.8, 4) is 11.5 Å². The van der Waals surface area contributed by atoms with Gasteiger partial charge in [-0.25, -0.2) is 0 Å². The van der Waals surface area contributed by atoms with E-state index in [1.807, 2.05) is 19.9 Å². The lowest BCUT2D eigenvalue weighted by molar-refractivity contribution is 0.138. The molecule has 1 aromatic rings. The largest absolute Gasteiger partial charge is 0.490 e. The molecule has 1 saturated heterocycles. The summed E-state index contributed by atoms with van der Waals surface area (Å²) in [5, 5.41) is 3.52. The summed E-state index contributed by atoms with van der Waals surface area (Å²) in [7, 11) is 0. The van der Waals surface area contributed by atoms with Crippen LogP contribution in [-0.2, 0) is 6.54 Å². The van der Waals surface area contributed by atoms with Gasteiger partial charge in [-0.2, -0.15) is 0 Å². The van der Waals surface area contributed by atoms with Crippen molar-refractivity contribution in [3.63, 3.8) is 0 Å². The Bertz CT molecular complexity index is 456. The van der Waals surface area contributed by atoms with Gasteiger partial charge >= 0.3 is 0 Å². The molecule has 22 heavy (non-hydrogen) atoms. The second kappa shape index (κ2) is 9.23. The molecule has 1 fully saturated rings. The molecule has 0 aromatic heterocycles. The molecule has 126 valence electrons. The van der Waals surface area contributed by atoms with Gasteiger partial charge in [0.2, 0.25) is 0 Å². The van der Waals surface area contributed by atoms with E-state index < -0.39 is 0 Å². The van der Waals surface area contributed by atoms with E-state index in [0.29, 0.717) is 25.3 Å². The molecule has 0 aliphatic carbocycles. The van der Waals surface area contributed by atoms with Gasteiger partial charge in [0.15, 0.2) is 11.5 Å². The minimum absolute atomic E-state index is 0. The highest BCUT2D eigenvalue weighted by Gasteiger charge is 2.22. The first-order valence-electron chi connectivity index (χ1n) is 8.00. The minimum atomic E-state index is 0. The zero-order chi connectivity index (χ0) is 15.2. The molecule has 1 aliphatic heterocycles. The average Bonchev–Trinajstić information content (AvgIpc) is 2.46. The number of hydrogen-bond acceptors (Lipinski definition) is 4. The van der Waals surface area contributed by atoms with Gasteiger partial charge < -0.3 is 14.8 Å². The number of halogens is 1. The lowest BCUT2D eigenvalue weighted by atomic mass is 10.1. The Labute approximate surface area is 140 Å². The maximum absolute atomic E-state index is 5.71. The molecular weight excluding hydrogens is 300 g/mol. The maximum Gasteiger partial charge on any atom is 0.161 e. The fraction of sp³-hybridized carbons (Fsp3) is 0.647. The van der Waals surface area contributed by atoms with E-state index in [0.717, 1.165) is 31.1 Å². The van der Waals surface area contributed by atoms with Crippen LogP contribution < -0.4 is 14.8 Å². The van der Waals surface area contributed by atoms with E-state index >= 15 is 0 Å². The van der Waals surface area contributed by atoms with Crippen molar-refractivity contribution in [2.75, 3.05) is 26.3 Å². The molecule has 0 amide bonds. The number of piperazine rings is 1. The first-order valence-corrected chi connectivity index (χ1v) is 8.00. The van der Waals surface area contributed by atoms with Crippen LogP contribution in [0, 0.1) is 0 Å². The van der Waals surface area contributed by atoms with E-state index in [1.54, 1.807) is 0 Å². The molecule has 2 atom stereocenters. The molecule has 0 bridgehead atoms. The third-order valence-corrected chi connectivity index (χ3v) is 3.89. The van der Waals surface area contributed by atoms with E-state index in [-0.39, 0.29) is 12.4 Å². The summed E-state index contributed by atoms with van der Waals surface area (Å²) in [6, 6.07) is 7.40. The molecule has 4 nitrogen and oxygen atoms in total. The SMILES string of the molecule is CCOc1ccc(CN2CC(C)NCC2C)cc1OCC.Cl. The molecule has 2 unspecified atom stereocenters. The highest BCUT2D eigenvalue weighted by Crippen LogP contribution is 2.29. The Kier molecular flexibility index (Phi) is 8.01. The van der Waals surface area contributed by atoms with E-state index in [4.69, 9.17) is 9.47 Å². The Balaban J connectivity index is 0.00000242. The quantitative estimate of drug-likeness (QED) is 0.870. The number of rotatable bonds is 6. The summed E-state index contributed by atoms with van der Waals surface area (Å²) >= 11 is 0. The van der Waals surface area contributed by atoms with Gasteiger partial charge in [-0.1, -0.05) is 6.07 Å². The first kappa shape index (κ1) is 19.1. The smallest absolute Gasteiger partial charge is 0.161 e. The van der Waals surface area contributed by atoms with E-state index in [2.05, 4.69) is 36.2 Å². The highest BCUT2D eigenvalue weighted by molar-refractivity contribution is 5.85. The first-order chi connectivity index (χ1) is 10.1. The molecule has 5 heteroatoms. The molecule has 1 heterocycles. The standard InChI is InChI=1S/C17H28N2O2.ClH/c1-5-20-16-8-7-15(9-17(16)21-6-2)12-19-11-13(3)18-10-14(19)4;/h7-9,13-14,18H,5-6,10-12H2,1-4H3;1H. The van der Waals surface area contributed by atoms with Gasteiger partial charge in [-0.3, -0.25) is 4.90 Å². The van der Waals surface area contributed by atoms with Crippen molar-refractivity contribution >= 4 is 12.4 Å². The van der Waals surface area contributed by atoms with Crippen LogP contribution in [0.1, 0.15) is 33.3 Å². The number of hydrogen-bond donors (Lipinski definition) is 1. The molecular formula is C17H29ClN2O2. The van der Waals surface area contributed by atoms with Crippen molar-refractivity contribution < 1.29 is 9.47 Å². The predicted octanol–water partition coefficient (Wildman–Crippen LogP) is 3.09. The van der Waals surface area contributed by atoms with Crippen LogP contribution in [0.5, 0.6) is 11.5 Å². The minimum Gasteiger partial charge on any atom is -0.490 e. The number of ether oxygens (including phenoxy) is 2. The Morgan fingerprint density at radius 3 is 2.50 bits per heavy atom. The van der Waals surface area contributed by atoms with E-state index in [1.165, 1.54) is 5.56 Å².